The van der Waals surface area contributed by atoms with Crippen LogP contribution in [0.4, 0.5) is 0 Å². The second-order valence-corrected chi connectivity index (χ2v) is 6.28. The molecule has 2 N–H and O–H groups in total. The molecule has 1 aliphatic heterocycles. The van der Waals surface area contributed by atoms with Gasteiger partial charge in [-0.2, -0.15) is 5.10 Å². The molecule has 1 amide bonds. The third-order valence-corrected chi connectivity index (χ3v) is 4.60. The Balaban J connectivity index is 1.52. The number of piperidine rings is 1. The first kappa shape index (κ1) is 15.0. The summed E-state index contributed by atoms with van der Waals surface area (Å²) in [4.78, 5) is 11.8. The number of aromatic nitrogens is 2. The molecule has 3 heterocycles. The van der Waals surface area contributed by atoms with Gasteiger partial charge in [-0.05, 0) is 12.5 Å². The Hall–Kier alpha value is -2.60. The van der Waals surface area contributed by atoms with Gasteiger partial charge in [0.05, 0.1) is 18.5 Å². The number of benzene rings is 1. The van der Waals surface area contributed by atoms with Crippen molar-refractivity contribution in [2.24, 2.45) is 7.05 Å². The molecule has 1 aliphatic rings. The number of amides is 1. The van der Waals surface area contributed by atoms with E-state index in [1.807, 2.05) is 37.6 Å². The Labute approximate surface area is 139 Å². The lowest BCUT2D eigenvalue weighted by Crippen LogP contribution is -2.48. The minimum atomic E-state index is -0.0573. The van der Waals surface area contributed by atoms with Gasteiger partial charge in [-0.15, -0.1) is 0 Å². The largest absolute Gasteiger partial charge is 0.464 e. The quantitative estimate of drug-likeness (QED) is 0.772. The predicted octanol–water partition coefficient (Wildman–Crippen LogP) is 2.28. The second-order valence-electron chi connectivity index (χ2n) is 6.28. The lowest BCUT2D eigenvalue weighted by atomic mass is 9.93. The Morgan fingerprint density at radius 1 is 1.42 bits per heavy atom. The molecule has 3 aromatic rings. The van der Waals surface area contributed by atoms with E-state index in [1.165, 1.54) is 0 Å². The standard InChI is InChI=1S/C18H20N4O2/c1-22-10-12(9-20-22)18-15(6-7-17(23)21-18)19-8-13-11-24-16-5-3-2-4-14(13)16/h2-5,9-11,15,18-19H,6-8H2,1H3,(H,21,23)/t15-,18+/m1/s1. The van der Waals surface area contributed by atoms with Gasteiger partial charge in [-0.3, -0.25) is 9.48 Å². The van der Waals surface area contributed by atoms with E-state index < -0.39 is 0 Å². The van der Waals surface area contributed by atoms with E-state index in [9.17, 15) is 4.79 Å². The van der Waals surface area contributed by atoms with Crippen molar-refractivity contribution in [3.05, 3.63) is 54.0 Å². The molecular weight excluding hydrogens is 304 g/mol. The summed E-state index contributed by atoms with van der Waals surface area (Å²) >= 11 is 0. The molecule has 4 rings (SSSR count). The van der Waals surface area contributed by atoms with Gasteiger partial charge in [0.15, 0.2) is 0 Å². The summed E-state index contributed by atoms with van der Waals surface area (Å²) in [6, 6.07) is 8.13. The highest BCUT2D eigenvalue weighted by atomic mass is 16.3. The van der Waals surface area contributed by atoms with E-state index in [4.69, 9.17) is 4.42 Å². The topological polar surface area (TPSA) is 72.1 Å². The molecule has 24 heavy (non-hydrogen) atoms. The molecule has 1 fully saturated rings. The number of hydrogen-bond donors (Lipinski definition) is 2. The number of carbonyl (C=O) groups excluding carboxylic acids is 1. The molecule has 1 aromatic carbocycles. The minimum absolute atomic E-state index is 0.0573. The lowest BCUT2D eigenvalue weighted by Gasteiger charge is -2.32. The number of nitrogens with one attached hydrogen (secondary N) is 2. The van der Waals surface area contributed by atoms with Crippen LogP contribution in [0.3, 0.4) is 0 Å². The van der Waals surface area contributed by atoms with Crippen molar-refractivity contribution in [1.29, 1.82) is 0 Å². The number of aryl methyl sites for hydroxylation is 1. The summed E-state index contributed by atoms with van der Waals surface area (Å²) in [6.07, 6.45) is 6.93. The van der Waals surface area contributed by atoms with Crippen LogP contribution in [0.25, 0.3) is 11.0 Å². The third-order valence-electron chi connectivity index (χ3n) is 4.60. The van der Waals surface area contributed by atoms with Crippen LogP contribution in [0, 0.1) is 0 Å². The molecule has 6 nitrogen and oxygen atoms in total. The van der Waals surface area contributed by atoms with Crippen molar-refractivity contribution in [1.82, 2.24) is 20.4 Å². The first-order valence-electron chi connectivity index (χ1n) is 8.17. The average molecular weight is 324 g/mol. The van der Waals surface area contributed by atoms with Crippen LogP contribution in [-0.4, -0.2) is 21.7 Å². The summed E-state index contributed by atoms with van der Waals surface area (Å²) in [6.45, 7) is 0.703. The minimum Gasteiger partial charge on any atom is -0.464 e. The van der Waals surface area contributed by atoms with Crippen molar-refractivity contribution in [3.63, 3.8) is 0 Å². The van der Waals surface area contributed by atoms with Gasteiger partial charge < -0.3 is 15.1 Å². The molecule has 0 aliphatic carbocycles. The zero-order chi connectivity index (χ0) is 16.5. The Morgan fingerprint density at radius 3 is 3.12 bits per heavy atom. The molecule has 2 atom stereocenters. The van der Waals surface area contributed by atoms with Crippen LogP contribution in [0.1, 0.15) is 30.0 Å². The van der Waals surface area contributed by atoms with Crippen LogP contribution in [0.2, 0.25) is 0 Å². The van der Waals surface area contributed by atoms with Crippen LogP contribution in [-0.2, 0) is 18.4 Å². The molecule has 6 heteroatoms. The third kappa shape index (κ3) is 2.80. The first-order valence-corrected chi connectivity index (χ1v) is 8.17. The molecule has 0 bridgehead atoms. The fourth-order valence-electron chi connectivity index (χ4n) is 3.35. The number of rotatable bonds is 4. The van der Waals surface area contributed by atoms with E-state index >= 15 is 0 Å². The van der Waals surface area contributed by atoms with Crippen LogP contribution in [0.15, 0.2) is 47.3 Å². The number of para-hydroxylation sites is 1. The molecule has 2 aromatic heterocycles. The van der Waals surface area contributed by atoms with Crippen LogP contribution in [0.5, 0.6) is 0 Å². The van der Waals surface area contributed by atoms with E-state index in [2.05, 4.69) is 21.8 Å². The maximum Gasteiger partial charge on any atom is 0.220 e. The van der Waals surface area contributed by atoms with Gasteiger partial charge in [0.25, 0.3) is 0 Å². The van der Waals surface area contributed by atoms with Crippen LogP contribution < -0.4 is 10.6 Å². The number of fused-ring (bicyclic) bond motifs is 1. The van der Waals surface area contributed by atoms with E-state index in [0.29, 0.717) is 13.0 Å². The number of furan rings is 1. The maximum absolute atomic E-state index is 11.8. The summed E-state index contributed by atoms with van der Waals surface area (Å²) in [5, 5.41) is 12.0. The summed E-state index contributed by atoms with van der Waals surface area (Å²) < 4.78 is 7.36. The number of hydrogen-bond acceptors (Lipinski definition) is 4. The molecule has 0 spiro atoms. The molecule has 0 unspecified atom stereocenters. The molecule has 0 radical (unpaired) electrons. The second kappa shape index (κ2) is 6.13. The van der Waals surface area contributed by atoms with E-state index in [-0.39, 0.29) is 18.0 Å². The zero-order valence-electron chi connectivity index (χ0n) is 13.5. The highest BCUT2D eigenvalue weighted by Crippen LogP contribution is 2.25. The fourth-order valence-corrected chi connectivity index (χ4v) is 3.35. The Bertz CT molecular complexity index is 867. The van der Waals surface area contributed by atoms with Crippen LogP contribution >= 0.6 is 0 Å². The monoisotopic (exact) mass is 324 g/mol. The van der Waals surface area contributed by atoms with Crippen molar-refractivity contribution in [3.8, 4) is 0 Å². The van der Waals surface area contributed by atoms with Gasteiger partial charge in [0.1, 0.15) is 5.58 Å². The number of carbonyl (C=O) groups is 1. The first-order chi connectivity index (χ1) is 11.7. The summed E-state index contributed by atoms with van der Waals surface area (Å²) in [5.74, 6) is 0.0932. The van der Waals surface area contributed by atoms with Crippen molar-refractivity contribution < 1.29 is 9.21 Å². The van der Waals surface area contributed by atoms with Gasteiger partial charge in [0, 0.05) is 48.8 Å². The summed E-state index contributed by atoms with van der Waals surface area (Å²) in [7, 11) is 1.88. The highest BCUT2D eigenvalue weighted by molar-refractivity contribution is 5.80. The van der Waals surface area contributed by atoms with E-state index in [1.54, 1.807) is 10.9 Å². The smallest absolute Gasteiger partial charge is 0.220 e. The van der Waals surface area contributed by atoms with Gasteiger partial charge in [-0.1, -0.05) is 18.2 Å². The Morgan fingerprint density at radius 2 is 2.29 bits per heavy atom. The van der Waals surface area contributed by atoms with E-state index in [0.717, 1.165) is 28.5 Å². The molecule has 1 saturated heterocycles. The molecule has 124 valence electrons. The average Bonchev–Trinajstić information content (AvgIpc) is 3.20. The van der Waals surface area contributed by atoms with Crippen molar-refractivity contribution in [2.45, 2.75) is 31.5 Å². The normalized spacial score (nSPS) is 21.1. The fraction of sp³-hybridized carbons (Fsp3) is 0.333. The highest BCUT2D eigenvalue weighted by Gasteiger charge is 2.30. The lowest BCUT2D eigenvalue weighted by molar-refractivity contribution is -0.123. The summed E-state index contributed by atoms with van der Waals surface area (Å²) in [5.41, 5.74) is 3.06. The van der Waals surface area contributed by atoms with Gasteiger partial charge >= 0.3 is 0 Å². The van der Waals surface area contributed by atoms with Crippen molar-refractivity contribution >= 4 is 16.9 Å². The zero-order valence-corrected chi connectivity index (χ0v) is 13.5. The predicted molar refractivity (Wildman–Crippen MR) is 90.2 cm³/mol. The molecular formula is C18H20N4O2. The Kier molecular flexibility index (Phi) is 3.82. The van der Waals surface area contributed by atoms with Gasteiger partial charge in [-0.25, -0.2) is 0 Å². The number of nitrogens with zero attached hydrogens (tertiary/aromatic N) is 2. The maximum atomic E-state index is 11.8. The van der Waals surface area contributed by atoms with Gasteiger partial charge in [0.2, 0.25) is 5.91 Å². The SMILES string of the molecule is Cn1cc([C@@H]2NC(=O)CC[C@H]2NCc2coc3ccccc23)cn1. The molecule has 0 saturated carbocycles. The van der Waals surface area contributed by atoms with Crippen molar-refractivity contribution in [2.75, 3.05) is 0 Å².